The molecule has 4 nitrogen and oxygen atoms in total. The number of para-hydroxylation sites is 1. The maximum atomic E-state index is 13.2. The molecule has 4 heteroatoms. The maximum absolute atomic E-state index is 13.2. The lowest BCUT2D eigenvalue weighted by Crippen LogP contribution is -2.37. The average molecular weight is 402 g/mol. The van der Waals surface area contributed by atoms with Gasteiger partial charge < -0.3 is 14.7 Å². The van der Waals surface area contributed by atoms with Gasteiger partial charge in [-0.2, -0.15) is 0 Å². The van der Waals surface area contributed by atoms with Crippen LogP contribution in [0.4, 0.5) is 0 Å². The van der Waals surface area contributed by atoms with E-state index in [0.29, 0.717) is 19.5 Å². The Balaban J connectivity index is 1.47. The fraction of sp³-hybridized carbons (Fsp3) is 0.269. The third kappa shape index (κ3) is 5.08. The Kier molecular flexibility index (Phi) is 6.45. The molecule has 1 saturated heterocycles. The molecular weight excluding hydrogens is 374 g/mol. The van der Waals surface area contributed by atoms with Crippen LogP contribution in [0, 0.1) is 0 Å². The minimum atomic E-state index is 0.0428. The zero-order valence-corrected chi connectivity index (χ0v) is 17.0. The van der Waals surface area contributed by atoms with Crippen LogP contribution in [0.3, 0.4) is 0 Å². The lowest BCUT2D eigenvalue weighted by Gasteiger charge is -2.26. The minimum absolute atomic E-state index is 0.0428. The average Bonchev–Trinajstić information content (AvgIpc) is 3.29. The molecule has 0 aliphatic carbocycles. The molecule has 1 fully saturated rings. The highest BCUT2D eigenvalue weighted by atomic mass is 16.5. The summed E-state index contributed by atoms with van der Waals surface area (Å²) >= 11 is 0. The van der Waals surface area contributed by atoms with E-state index in [1.165, 1.54) is 0 Å². The van der Waals surface area contributed by atoms with Gasteiger partial charge in [0.1, 0.15) is 5.75 Å². The van der Waals surface area contributed by atoms with Gasteiger partial charge >= 0.3 is 0 Å². The molecule has 0 saturated carbocycles. The van der Waals surface area contributed by atoms with Gasteiger partial charge in [-0.15, -0.1) is 0 Å². The van der Waals surface area contributed by atoms with E-state index in [1.54, 1.807) is 12.1 Å². The second kappa shape index (κ2) is 9.59. The number of phenols is 1. The third-order valence-corrected chi connectivity index (χ3v) is 5.57. The summed E-state index contributed by atoms with van der Waals surface area (Å²) in [5.41, 5.74) is 4.03. The van der Waals surface area contributed by atoms with Crippen molar-refractivity contribution in [1.82, 2.24) is 4.90 Å². The smallest absolute Gasteiger partial charge is 0.227 e. The molecule has 1 heterocycles. The molecule has 0 bridgehead atoms. The second-order valence-electron chi connectivity index (χ2n) is 7.78. The summed E-state index contributed by atoms with van der Waals surface area (Å²) < 4.78 is 5.76. The topological polar surface area (TPSA) is 49.8 Å². The zero-order chi connectivity index (χ0) is 20.8. The van der Waals surface area contributed by atoms with Gasteiger partial charge in [-0.3, -0.25) is 4.79 Å². The Labute approximate surface area is 177 Å². The van der Waals surface area contributed by atoms with Gasteiger partial charge in [-0.05, 0) is 35.6 Å². The number of aromatic hydroxyl groups is 1. The number of ether oxygens (including phenoxy) is 1. The minimum Gasteiger partial charge on any atom is -0.508 e. The van der Waals surface area contributed by atoms with Crippen LogP contribution >= 0.6 is 0 Å². The molecule has 3 aromatic carbocycles. The molecule has 4 rings (SSSR count). The first-order chi connectivity index (χ1) is 14.7. The Morgan fingerprint density at radius 1 is 0.933 bits per heavy atom. The van der Waals surface area contributed by atoms with Crippen molar-refractivity contribution < 1.29 is 14.6 Å². The molecule has 1 unspecified atom stereocenters. The van der Waals surface area contributed by atoms with Crippen LogP contribution in [0.1, 0.15) is 24.0 Å². The molecule has 1 atom stereocenters. The van der Waals surface area contributed by atoms with Gasteiger partial charge in [0.2, 0.25) is 5.91 Å². The summed E-state index contributed by atoms with van der Waals surface area (Å²) in [6.07, 6.45) is 2.40. The Hall–Kier alpha value is -3.11. The molecule has 0 radical (unpaired) electrons. The first-order valence-electron chi connectivity index (χ1n) is 10.5. The number of hydrogen-bond acceptors (Lipinski definition) is 3. The zero-order valence-electron chi connectivity index (χ0n) is 17.0. The Bertz CT molecular complexity index is 963. The number of rotatable bonds is 7. The van der Waals surface area contributed by atoms with Crippen molar-refractivity contribution in [1.29, 1.82) is 0 Å². The normalized spacial score (nSPS) is 15.8. The monoisotopic (exact) mass is 401 g/mol. The highest BCUT2D eigenvalue weighted by Crippen LogP contribution is 2.22. The van der Waals surface area contributed by atoms with Crippen LogP contribution in [-0.4, -0.2) is 35.2 Å². The maximum Gasteiger partial charge on any atom is 0.227 e. The van der Waals surface area contributed by atoms with E-state index in [2.05, 4.69) is 24.3 Å². The van der Waals surface area contributed by atoms with Crippen LogP contribution in [-0.2, 0) is 22.5 Å². The number of carbonyl (C=O) groups is 1. The molecule has 3 aromatic rings. The summed E-state index contributed by atoms with van der Waals surface area (Å²) in [6, 6.07) is 25.6. The van der Waals surface area contributed by atoms with Crippen LogP contribution in [0.5, 0.6) is 5.75 Å². The molecule has 30 heavy (non-hydrogen) atoms. The first-order valence-corrected chi connectivity index (χ1v) is 10.5. The number of benzene rings is 3. The Morgan fingerprint density at radius 3 is 2.33 bits per heavy atom. The fourth-order valence-electron chi connectivity index (χ4n) is 3.87. The number of amides is 1. The number of nitrogens with zero attached hydrogens (tertiary/aromatic N) is 1. The fourth-order valence-corrected chi connectivity index (χ4v) is 3.87. The van der Waals surface area contributed by atoms with Crippen LogP contribution in [0.25, 0.3) is 11.1 Å². The van der Waals surface area contributed by atoms with Crippen molar-refractivity contribution in [2.45, 2.75) is 31.9 Å². The molecule has 0 aromatic heterocycles. The number of hydrogen-bond donors (Lipinski definition) is 1. The molecule has 1 amide bonds. The molecule has 154 valence electrons. The van der Waals surface area contributed by atoms with Crippen LogP contribution < -0.4 is 0 Å². The van der Waals surface area contributed by atoms with E-state index >= 15 is 0 Å². The predicted molar refractivity (Wildman–Crippen MR) is 118 cm³/mol. The van der Waals surface area contributed by atoms with Crippen molar-refractivity contribution in [3.8, 4) is 16.9 Å². The van der Waals surface area contributed by atoms with Gasteiger partial charge in [0.15, 0.2) is 0 Å². The molecular formula is C26H27NO3. The lowest BCUT2D eigenvalue weighted by atomic mass is 10.0. The van der Waals surface area contributed by atoms with E-state index in [-0.39, 0.29) is 17.8 Å². The largest absolute Gasteiger partial charge is 0.508 e. The summed E-state index contributed by atoms with van der Waals surface area (Å²) in [4.78, 5) is 15.0. The third-order valence-electron chi connectivity index (χ3n) is 5.57. The highest BCUT2D eigenvalue weighted by Gasteiger charge is 2.23. The molecule has 0 spiro atoms. The van der Waals surface area contributed by atoms with Crippen LogP contribution in [0.2, 0.25) is 0 Å². The predicted octanol–water partition coefficient (Wildman–Crippen LogP) is 4.81. The van der Waals surface area contributed by atoms with E-state index < -0.39 is 0 Å². The van der Waals surface area contributed by atoms with Gasteiger partial charge in [0.25, 0.3) is 0 Å². The van der Waals surface area contributed by atoms with E-state index in [9.17, 15) is 9.90 Å². The van der Waals surface area contributed by atoms with Crippen molar-refractivity contribution in [2.75, 3.05) is 13.2 Å². The van der Waals surface area contributed by atoms with Crippen molar-refractivity contribution >= 4 is 5.91 Å². The van der Waals surface area contributed by atoms with Crippen molar-refractivity contribution in [2.24, 2.45) is 0 Å². The van der Waals surface area contributed by atoms with Gasteiger partial charge in [-0.25, -0.2) is 0 Å². The Morgan fingerprint density at radius 2 is 1.63 bits per heavy atom. The van der Waals surface area contributed by atoms with Crippen LogP contribution in [0.15, 0.2) is 78.9 Å². The van der Waals surface area contributed by atoms with Crippen molar-refractivity contribution in [3.05, 3.63) is 90.0 Å². The summed E-state index contributed by atoms with van der Waals surface area (Å²) in [7, 11) is 0. The standard InChI is InChI=1S/C26H27NO3/c28-25-11-5-4-9-23(25)18-27(19-24-10-6-16-30-24)26(29)17-20-12-14-22(15-13-20)21-7-2-1-3-8-21/h1-5,7-9,11-15,24,28H,6,10,16-19H2. The first kappa shape index (κ1) is 20.2. The number of phenolic OH excluding ortho intramolecular Hbond substituents is 1. The molecule has 1 N–H and O–H groups in total. The summed E-state index contributed by atoms with van der Waals surface area (Å²) in [5, 5.41) is 10.2. The van der Waals surface area contributed by atoms with Gasteiger partial charge in [0.05, 0.1) is 12.5 Å². The van der Waals surface area contributed by atoms with E-state index in [0.717, 1.165) is 41.7 Å². The van der Waals surface area contributed by atoms with E-state index in [1.807, 2.05) is 47.4 Å². The summed E-state index contributed by atoms with van der Waals surface area (Å²) in [5.74, 6) is 0.260. The van der Waals surface area contributed by atoms with Crippen molar-refractivity contribution in [3.63, 3.8) is 0 Å². The van der Waals surface area contributed by atoms with E-state index in [4.69, 9.17) is 4.74 Å². The lowest BCUT2D eigenvalue weighted by molar-refractivity contribution is -0.132. The number of carbonyl (C=O) groups excluding carboxylic acids is 1. The SMILES string of the molecule is O=C(Cc1ccc(-c2ccccc2)cc1)N(Cc1ccccc1O)CC1CCCO1. The van der Waals surface area contributed by atoms with Gasteiger partial charge in [0, 0.05) is 25.3 Å². The molecule has 1 aliphatic heterocycles. The molecule has 1 aliphatic rings. The highest BCUT2D eigenvalue weighted by molar-refractivity contribution is 5.79. The summed E-state index contributed by atoms with van der Waals surface area (Å²) in [6.45, 7) is 1.69. The van der Waals surface area contributed by atoms with Gasteiger partial charge in [-0.1, -0.05) is 72.8 Å². The second-order valence-corrected chi connectivity index (χ2v) is 7.78. The quantitative estimate of drug-likeness (QED) is 0.618.